The van der Waals surface area contributed by atoms with Gasteiger partial charge in [0.05, 0.1) is 36.7 Å². The SMILES string of the molecule is CCc1c(F)ccc2cc(O)cc(N3Cc4nc(OCC56CCCN5CC(F)C6)nc(N5CCC6(CC5)COC6)c4C3=O)c12. The zero-order chi connectivity index (χ0) is 30.2. The van der Waals surface area contributed by atoms with Gasteiger partial charge in [-0.3, -0.25) is 9.69 Å². The molecule has 2 unspecified atom stereocenters. The Morgan fingerprint density at radius 3 is 2.70 bits per heavy atom. The largest absolute Gasteiger partial charge is 0.508 e. The van der Waals surface area contributed by atoms with Crippen LogP contribution in [0.25, 0.3) is 10.8 Å². The molecule has 232 valence electrons. The number of alkyl halides is 1. The number of anilines is 2. The summed E-state index contributed by atoms with van der Waals surface area (Å²) in [6, 6.07) is 6.33. The van der Waals surface area contributed by atoms with Crippen molar-refractivity contribution in [3.8, 4) is 11.8 Å². The zero-order valence-corrected chi connectivity index (χ0v) is 25.0. The quantitative estimate of drug-likeness (QED) is 0.430. The number of aryl methyl sites for hydroxylation is 1. The number of hydrogen-bond acceptors (Lipinski definition) is 8. The number of carbonyl (C=O) groups excluding carboxylic acids is 1. The molecule has 0 saturated carbocycles. The molecule has 3 aromatic rings. The highest BCUT2D eigenvalue weighted by Gasteiger charge is 2.50. The van der Waals surface area contributed by atoms with Crippen LogP contribution in [-0.4, -0.2) is 83.6 Å². The lowest BCUT2D eigenvalue weighted by Gasteiger charge is -2.47. The Morgan fingerprint density at radius 1 is 1.14 bits per heavy atom. The van der Waals surface area contributed by atoms with Gasteiger partial charge in [-0.15, -0.1) is 0 Å². The van der Waals surface area contributed by atoms with Gasteiger partial charge in [-0.1, -0.05) is 13.0 Å². The van der Waals surface area contributed by atoms with E-state index in [1.54, 1.807) is 17.0 Å². The number of fused-ring (bicyclic) bond motifs is 3. The standard InChI is InChI=1S/C33H37F2N5O4/c1-2-23-24(35)5-4-20-12-22(41)13-26(27(20)23)40-16-25-28(30(40)42)29(38-10-7-32(8-11-38)17-43-18-32)37-31(36-25)44-19-33-6-3-9-39(33)15-21(34)14-33/h4-5,12-13,21,41H,2-3,6-11,14-19H2,1H3. The van der Waals surface area contributed by atoms with E-state index < -0.39 is 6.17 Å². The molecule has 1 spiro atoms. The number of piperidine rings is 1. The van der Waals surface area contributed by atoms with Crippen LogP contribution >= 0.6 is 0 Å². The number of amides is 1. The molecular weight excluding hydrogens is 568 g/mol. The van der Waals surface area contributed by atoms with E-state index >= 15 is 0 Å². The summed E-state index contributed by atoms with van der Waals surface area (Å²) in [5.74, 6) is -0.109. The predicted octanol–water partition coefficient (Wildman–Crippen LogP) is 4.77. The smallest absolute Gasteiger partial charge is 0.318 e. The first-order chi connectivity index (χ1) is 21.3. The Morgan fingerprint density at radius 2 is 1.95 bits per heavy atom. The second kappa shape index (κ2) is 10.2. The molecule has 2 aromatic carbocycles. The summed E-state index contributed by atoms with van der Waals surface area (Å²) in [4.78, 5) is 29.8. The second-order valence-corrected chi connectivity index (χ2v) is 13.3. The van der Waals surface area contributed by atoms with Gasteiger partial charge in [-0.25, -0.2) is 8.78 Å². The van der Waals surface area contributed by atoms with E-state index in [0.717, 1.165) is 58.5 Å². The maximum absolute atomic E-state index is 15.0. The van der Waals surface area contributed by atoms with Gasteiger partial charge >= 0.3 is 6.01 Å². The van der Waals surface area contributed by atoms with Crippen molar-refractivity contribution in [2.75, 3.05) is 55.8 Å². The van der Waals surface area contributed by atoms with Crippen LogP contribution in [-0.2, 0) is 17.7 Å². The highest BCUT2D eigenvalue weighted by molar-refractivity contribution is 6.16. The summed E-state index contributed by atoms with van der Waals surface area (Å²) >= 11 is 0. The molecule has 44 heavy (non-hydrogen) atoms. The lowest BCUT2D eigenvalue weighted by molar-refractivity contribution is -0.124. The van der Waals surface area contributed by atoms with Crippen molar-refractivity contribution in [1.29, 1.82) is 0 Å². The molecule has 5 aliphatic heterocycles. The lowest BCUT2D eigenvalue weighted by atomic mass is 9.77. The summed E-state index contributed by atoms with van der Waals surface area (Å²) in [6.07, 6.45) is 3.75. The number of nitrogens with zero attached hydrogens (tertiary/aromatic N) is 5. The van der Waals surface area contributed by atoms with Gasteiger partial charge in [0, 0.05) is 42.9 Å². The molecular formula is C33H37F2N5O4. The lowest BCUT2D eigenvalue weighted by Crippen LogP contribution is -2.51. The molecule has 5 aliphatic rings. The van der Waals surface area contributed by atoms with Crippen LogP contribution in [0.15, 0.2) is 24.3 Å². The Bertz CT molecular complexity index is 1660. The zero-order valence-electron chi connectivity index (χ0n) is 25.0. The van der Waals surface area contributed by atoms with Crippen molar-refractivity contribution in [2.24, 2.45) is 5.41 Å². The molecule has 2 atom stereocenters. The normalized spacial score (nSPS) is 26.0. The molecule has 1 N–H and O–H groups in total. The number of carbonyl (C=O) groups is 1. The van der Waals surface area contributed by atoms with Crippen LogP contribution in [0.3, 0.4) is 0 Å². The molecule has 1 amide bonds. The molecule has 6 heterocycles. The molecule has 1 aromatic heterocycles. The molecule has 4 saturated heterocycles. The third-order valence-electron chi connectivity index (χ3n) is 10.7. The minimum atomic E-state index is -0.868. The number of hydrogen-bond donors (Lipinski definition) is 1. The maximum Gasteiger partial charge on any atom is 0.318 e. The van der Waals surface area contributed by atoms with Crippen LogP contribution in [0, 0.1) is 11.2 Å². The number of phenols is 1. The molecule has 11 heteroatoms. The molecule has 0 aliphatic carbocycles. The molecule has 0 radical (unpaired) electrons. The van der Waals surface area contributed by atoms with E-state index in [9.17, 15) is 18.7 Å². The number of benzene rings is 2. The van der Waals surface area contributed by atoms with Crippen molar-refractivity contribution >= 4 is 28.2 Å². The van der Waals surface area contributed by atoms with E-state index in [2.05, 4.69) is 9.80 Å². The number of rotatable bonds is 6. The number of ether oxygens (including phenoxy) is 2. The van der Waals surface area contributed by atoms with Crippen molar-refractivity contribution < 1.29 is 28.2 Å². The van der Waals surface area contributed by atoms with E-state index in [1.807, 2.05) is 6.92 Å². The van der Waals surface area contributed by atoms with E-state index in [1.165, 1.54) is 12.1 Å². The van der Waals surface area contributed by atoms with Crippen LogP contribution in [0.1, 0.15) is 60.6 Å². The van der Waals surface area contributed by atoms with Gasteiger partial charge in [0.25, 0.3) is 5.91 Å². The van der Waals surface area contributed by atoms with Gasteiger partial charge in [0.1, 0.15) is 35.7 Å². The van der Waals surface area contributed by atoms with Crippen LogP contribution in [0.2, 0.25) is 0 Å². The maximum atomic E-state index is 15.0. The molecule has 4 fully saturated rings. The summed E-state index contributed by atoms with van der Waals surface area (Å²) in [5.41, 5.74) is 1.71. The van der Waals surface area contributed by atoms with Crippen molar-refractivity contribution in [1.82, 2.24) is 14.9 Å². The predicted molar refractivity (Wildman–Crippen MR) is 161 cm³/mol. The molecule has 0 bridgehead atoms. The average molecular weight is 606 g/mol. The number of phenolic OH excluding ortho intramolecular Hbond substituents is 1. The minimum absolute atomic E-state index is 0.00704. The highest BCUT2D eigenvalue weighted by Crippen LogP contribution is 2.44. The Hall–Kier alpha value is -3.57. The Kier molecular flexibility index (Phi) is 6.50. The first kappa shape index (κ1) is 27.9. The van der Waals surface area contributed by atoms with Gasteiger partial charge < -0.3 is 24.4 Å². The third-order valence-corrected chi connectivity index (χ3v) is 10.7. The van der Waals surface area contributed by atoms with Gasteiger partial charge in [-0.2, -0.15) is 9.97 Å². The summed E-state index contributed by atoms with van der Waals surface area (Å²) < 4.78 is 41.2. The van der Waals surface area contributed by atoms with Gasteiger partial charge in [-0.05, 0) is 61.7 Å². The number of halogens is 2. The summed E-state index contributed by atoms with van der Waals surface area (Å²) in [5, 5.41) is 11.9. The molecule has 8 rings (SSSR count). The van der Waals surface area contributed by atoms with E-state index in [0.29, 0.717) is 65.1 Å². The fourth-order valence-electron chi connectivity index (χ4n) is 8.20. The van der Waals surface area contributed by atoms with Crippen molar-refractivity contribution in [2.45, 2.75) is 63.7 Å². The number of aromatic hydroxyl groups is 1. The van der Waals surface area contributed by atoms with E-state index in [-0.39, 0.29) is 41.0 Å². The van der Waals surface area contributed by atoms with Crippen LogP contribution in [0.5, 0.6) is 11.8 Å². The Balaban J connectivity index is 1.18. The summed E-state index contributed by atoms with van der Waals surface area (Å²) in [7, 11) is 0. The van der Waals surface area contributed by atoms with Gasteiger partial charge in [0.15, 0.2) is 0 Å². The number of aromatic nitrogens is 2. The van der Waals surface area contributed by atoms with E-state index in [4.69, 9.17) is 19.4 Å². The fourth-order valence-corrected chi connectivity index (χ4v) is 8.20. The average Bonchev–Trinajstić information content (AvgIpc) is 3.64. The second-order valence-electron chi connectivity index (χ2n) is 13.3. The monoisotopic (exact) mass is 605 g/mol. The third kappa shape index (κ3) is 4.34. The van der Waals surface area contributed by atoms with Crippen molar-refractivity contribution in [3.63, 3.8) is 0 Å². The Labute approximate surface area is 254 Å². The topological polar surface area (TPSA) is 91.3 Å². The van der Waals surface area contributed by atoms with Crippen LogP contribution < -0.4 is 14.5 Å². The summed E-state index contributed by atoms with van der Waals surface area (Å²) in [6.45, 7) is 6.56. The van der Waals surface area contributed by atoms with Crippen LogP contribution in [0.4, 0.5) is 20.3 Å². The first-order valence-corrected chi connectivity index (χ1v) is 15.8. The van der Waals surface area contributed by atoms with Gasteiger partial charge in [0.2, 0.25) is 0 Å². The fraction of sp³-hybridized carbons (Fsp3) is 0.545. The molecule has 9 nitrogen and oxygen atoms in total. The minimum Gasteiger partial charge on any atom is -0.508 e. The highest BCUT2D eigenvalue weighted by atomic mass is 19.1. The van der Waals surface area contributed by atoms with Crippen molar-refractivity contribution in [3.05, 3.63) is 46.9 Å². The first-order valence-electron chi connectivity index (χ1n) is 15.8.